The maximum absolute atomic E-state index is 10.6. The van der Waals surface area contributed by atoms with Crippen molar-refractivity contribution in [3.05, 3.63) is 21.9 Å². The van der Waals surface area contributed by atoms with Crippen LogP contribution in [0.2, 0.25) is 0 Å². The summed E-state index contributed by atoms with van der Waals surface area (Å²) in [5, 5.41) is 3.11. The summed E-state index contributed by atoms with van der Waals surface area (Å²) in [6.07, 6.45) is 0. The van der Waals surface area contributed by atoms with Gasteiger partial charge in [-0.25, -0.2) is 0 Å². The molecule has 0 bridgehead atoms. The minimum Gasteiger partial charge on any atom is -0.326 e. The SMILES string of the molecule is NCc1cscc1C(=O)Cl. The highest BCUT2D eigenvalue weighted by Crippen LogP contribution is 2.16. The van der Waals surface area contributed by atoms with Crippen LogP contribution in [0.25, 0.3) is 0 Å². The van der Waals surface area contributed by atoms with Gasteiger partial charge in [-0.2, -0.15) is 11.3 Å². The Labute approximate surface area is 67.6 Å². The van der Waals surface area contributed by atoms with Gasteiger partial charge in [0, 0.05) is 17.5 Å². The highest BCUT2D eigenvalue weighted by molar-refractivity contribution is 7.08. The molecule has 1 heterocycles. The lowest BCUT2D eigenvalue weighted by atomic mass is 10.2. The molecule has 54 valence electrons. The van der Waals surface area contributed by atoms with Crippen LogP contribution in [-0.2, 0) is 6.54 Å². The quantitative estimate of drug-likeness (QED) is 0.694. The first-order chi connectivity index (χ1) is 4.75. The normalized spacial score (nSPS) is 9.80. The van der Waals surface area contributed by atoms with Crippen molar-refractivity contribution in [2.24, 2.45) is 5.73 Å². The van der Waals surface area contributed by atoms with E-state index in [0.717, 1.165) is 5.56 Å². The van der Waals surface area contributed by atoms with Crippen molar-refractivity contribution in [1.29, 1.82) is 0 Å². The lowest BCUT2D eigenvalue weighted by Crippen LogP contribution is -1.99. The molecule has 0 radical (unpaired) electrons. The molecular weight excluding hydrogens is 170 g/mol. The summed E-state index contributed by atoms with van der Waals surface area (Å²) < 4.78 is 0. The number of carbonyl (C=O) groups is 1. The minimum absolute atomic E-state index is 0.372. The summed E-state index contributed by atoms with van der Waals surface area (Å²) in [5.74, 6) is 0. The first-order valence-corrected chi connectivity index (χ1v) is 4.02. The van der Waals surface area contributed by atoms with E-state index in [9.17, 15) is 4.79 Å². The van der Waals surface area contributed by atoms with Gasteiger partial charge in [0.15, 0.2) is 0 Å². The van der Waals surface area contributed by atoms with E-state index in [1.165, 1.54) is 11.3 Å². The number of rotatable bonds is 2. The van der Waals surface area contributed by atoms with Crippen LogP contribution in [0.1, 0.15) is 15.9 Å². The Morgan fingerprint density at radius 2 is 2.40 bits per heavy atom. The molecule has 0 aliphatic heterocycles. The van der Waals surface area contributed by atoms with Crippen molar-refractivity contribution < 1.29 is 4.79 Å². The van der Waals surface area contributed by atoms with Gasteiger partial charge in [-0.05, 0) is 22.5 Å². The summed E-state index contributed by atoms with van der Waals surface area (Å²) >= 11 is 6.67. The molecule has 2 nitrogen and oxygen atoms in total. The molecule has 4 heteroatoms. The number of nitrogens with two attached hydrogens (primary N) is 1. The summed E-state index contributed by atoms with van der Waals surface area (Å²) in [5.41, 5.74) is 6.69. The van der Waals surface area contributed by atoms with E-state index in [1.807, 2.05) is 5.38 Å². The average molecular weight is 176 g/mol. The van der Waals surface area contributed by atoms with Crippen LogP contribution in [0.5, 0.6) is 0 Å². The summed E-state index contributed by atoms with van der Waals surface area (Å²) in [4.78, 5) is 10.6. The molecule has 1 aromatic rings. The molecule has 0 saturated heterocycles. The number of thiophene rings is 1. The highest BCUT2D eigenvalue weighted by Gasteiger charge is 2.07. The monoisotopic (exact) mass is 175 g/mol. The molecule has 0 unspecified atom stereocenters. The third-order valence-corrected chi connectivity index (χ3v) is 2.17. The van der Waals surface area contributed by atoms with Crippen molar-refractivity contribution in [1.82, 2.24) is 0 Å². The van der Waals surface area contributed by atoms with Gasteiger partial charge in [-0.1, -0.05) is 0 Å². The zero-order valence-corrected chi connectivity index (χ0v) is 6.71. The van der Waals surface area contributed by atoms with Crippen molar-refractivity contribution in [2.45, 2.75) is 6.54 Å². The second kappa shape index (κ2) is 3.14. The van der Waals surface area contributed by atoms with Crippen molar-refractivity contribution >= 4 is 28.2 Å². The van der Waals surface area contributed by atoms with Crippen LogP contribution in [0.4, 0.5) is 0 Å². The second-order valence-electron chi connectivity index (χ2n) is 1.79. The van der Waals surface area contributed by atoms with Crippen molar-refractivity contribution in [3.63, 3.8) is 0 Å². The number of halogens is 1. The lowest BCUT2D eigenvalue weighted by Gasteiger charge is -1.91. The molecule has 1 aromatic heterocycles. The number of hydrogen-bond acceptors (Lipinski definition) is 3. The number of carbonyl (C=O) groups excluding carboxylic acids is 1. The smallest absolute Gasteiger partial charge is 0.253 e. The van der Waals surface area contributed by atoms with Crippen LogP contribution in [0.3, 0.4) is 0 Å². The van der Waals surface area contributed by atoms with Crippen LogP contribution in [0.15, 0.2) is 10.8 Å². The van der Waals surface area contributed by atoms with Gasteiger partial charge < -0.3 is 5.73 Å². The van der Waals surface area contributed by atoms with Crippen LogP contribution < -0.4 is 5.73 Å². The van der Waals surface area contributed by atoms with E-state index in [0.29, 0.717) is 12.1 Å². The Hall–Kier alpha value is -0.380. The second-order valence-corrected chi connectivity index (χ2v) is 2.88. The van der Waals surface area contributed by atoms with Crippen molar-refractivity contribution in [2.75, 3.05) is 0 Å². The Balaban J connectivity index is 3.01. The summed E-state index contributed by atoms with van der Waals surface area (Å²) in [6.45, 7) is 0.372. The topological polar surface area (TPSA) is 43.1 Å². The molecule has 0 saturated carbocycles. The molecule has 0 aliphatic rings. The third-order valence-electron chi connectivity index (χ3n) is 1.17. The maximum Gasteiger partial charge on any atom is 0.253 e. The third kappa shape index (κ3) is 1.37. The van der Waals surface area contributed by atoms with E-state index in [2.05, 4.69) is 0 Å². The molecule has 0 atom stereocenters. The van der Waals surface area contributed by atoms with E-state index in [-0.39, 0.29) is 0 Å². The molecule has 0 aromatic carbocycles. The van der Waals surface area contributed by atoms with Crippen molar-refractivity contribution in [3.8, 4) is 0 Å². The summed E-state index contributed by atoms with van der Waals surface area (Å²) in [6, 6.07) is 0. The molecule has 0 fully saturated rings. The lowest BCUT2D eigenvalue weighted by molar-refractivity contribution is 0.108. The van der Waals surface area contributed by atoms with Crippen LogP contribution in [-0.4, -0.2) is 5.24 Å². The highest BCUT2D eigenvalue weighted by atomic mass is 35.5. The first-order valence-electron chi connectivity index (χ1n) is 2.70. The largest absolute Gasteiger partial charge is 0.326 e. The molecule has 0 amide bonds. The molecule has 1 rings (SSSR count). The Kier molecular flexibility index (Phi) is 2.43. The molecular formula is C6H6ClNOS. The standard InChI is InChI=1S/C6H6ClNOS/c7-6(9)5-3-10-2-4(5)1-8/h2-3H,1,8H2. The Bertz CT molecular complexity index is 246. The van der Waals surface area contributed by atoms with Gasteiger partial charge in [0.2, 0.25) is 0 Å². The predicted octanol–water partition coefficient (Wildman–Crippen LogP) is 1.59. The molecule has 2 N–H and O–H groups in total. The molecule has 10 heavy (non-hydrogen) atoms. The van der Waals surface area contributed by atoms with Gasteiger partial charge in [-0.3, -0.25) is 4.79 Å². The van der Waals surface area contributed by atoms with Gasteiger partial charge in [0.25, 0.3) is 5.24 Å². The van der Waals surface area contributed by atoms with E-state index in [1.54, 1.807) is 5.38 Å². The first kappa shape index (κ1) is 7.72. The minimum atomic E-state index is -0.429. The van der Waals surface area contributed by atoms with Crippen LogP contribution in [0, 0.1) is 0 Å². The predicted molar refractivity (Wildman–Crippen MR) is 42.4 cm³/mol. The van der Waals surface area contributed by atoms with Gasteiger partial charge >= 0.3 is 0 Å². The van der Waals surface area contributed by atoms with Gasteiger partial charge in [0.1, 0.15) is 0 Å². The van der Waals surface area contributed by atoms with Gasteiger partial charge in [-0.15, -0.1) is 0 Å². The molecule has 0 aliphatic carbocycles. The zero-order valence-electron chi connectivity index (χ0n) is 5.13. The van der Waals surface area contributed by atoms with Crippen LogP contribution >= 0.6 is 22.9 Å². The fraction of sp³-hybridized carbons (Fsp3) is 0.167. The van der Waals surface area contributed by atoms with Gasteiger partial charge in [0.05, 0.1) is 0 Å². The fourth-order valence-electron chi connectivity index (χ4n) is 0.654. The number of hydrogen-bond donors (Lipinski definition) is 1. The van der Waals surface area contributed by atoms with E-state index < -0.39 is 5.24 Å². The fourth-order valence-corrected chi connectivity index (χ4v) is 1.74. The maximum atomic E-state index is 10.6. The van der Waals surface area contributed by atoms with E-state index >= 15 is 0 Å². The summed E-state index contributed by atoms with van der Waals surface area (Å²) in [7, 11) is 0. The average Bonchev–Trinajstić information content (AvgIpc) is 2.33. The zero-order chi connectivity index (χ0) is 7.56. The van der Waals surface area contributed by atoms with E-state index in [4.69, 9.17) is 17.3 Å². The molecule has 0 spiro atoms. The Morgan fingerprint density at radius 1 is 1.70 bits per heavy atom. The Morgan fingerprint density at radius 3 is 2.80 bits per heavy atom.